The van der Waals surface area contributed by atoms with Crippen LogP contribution in [0.1, 0.15) is 18.4 Å². The summed E-state index contributed by atoms with van der Waals surface area (Å²) < 4.78 is 0. The van der Waals surface area contributed by atoms with Crippen LogP contribution in [0.15, 0.2) is 24.3 Å². The number of nitrogens with zero attached hydrogens (tertiary/aromatic N) is 2. The van der Waals surface area contributed by atoms with Gasteiger partial charge in [0, 0.05) is 32.4 Å². The van der Waals surface area contributed by atoms with Gasteiger partial charge in [0.05, 0.1) is 12.8 Å². The normalized spacial score (nSPS) is 10.6. The molecule has 0 bridgehead atoms. The van der Waals surface area contributed by atoms with E-state index in [1.807, 2.05) is 48.2 Å². The third-order valence-electron chi connectivity index (χ3n) is 3.20. The van der Waals surface area contributed by atoms with Crippen molar-refractivity contribution in [1.29, 1.82) is 0 Å². The first kappa shape index (κ1) is 17.0. The van der Waals surface area contributed by atoms with Crippen molar-refractivity contribution in [1.82, 2.24) is 4.90 Å². The summed E-state index contributed by atoms with van der Waals surface area (Å²) in [5, 5.41) is 17.3. The van der Waals surface area contributed by atoms with Gasteiger partial charge < -0.3 is 20.0 Å². The number of carbonyl (C=O) groups is 2. The molecule has 0 aromatic heterocycles. The van der Waals surface area contributed by atoms with Crippen molar-refractivity contribution in [3.8, 4) is 0 Å². The lowest BCUT2D eigenvalue weighted by atomic mass is 10.2. The Bertz CT molecular complexity index is 473. The number of hydrogen-bond acceptors (Lipinski definition) is 4. The Morgan fingerprint density at radius 2 is 1.48 bits per heavy atom. The molecule has 0 radical (unpaired) electrons. The Balaban J connectivity index is 2.49. The number of aliphatic carboxylic acids is 2. The molecule has 0 atom stereocenters. The minimum absolute atomic E-state index is 0.107. The van der Waals surface area contributed by atoms with Crippen molar-refractivity contribution in [2.45, 2.75) is 19.4 Å². The molecule has 0 aliphatic heterocycles. The third kappa shape index (κ3) is 6.76. The van der Waals surface area contributed by atoms with Gasteiger partial charge in [0.2, 0.25) is 0 Å². The fraction of sp³-hybridized carbons (Fsp3) is 0.467. The first-order chi connectivity index (χ1) is 9.88. The first-order valence-electron chi connectivity index (χ1n) is 6.80. The molecule has 0 aliphatic rings. The van der Waals surface area contributed by atoms with Crippen molar-refractivity contribution < 1.29 is 19.8 Å². The Morgan fingerprint density at radius 1 is 0.952 bits per heavy atom. The van der Waals surface area contributed by atoms with Crippen molar-refractivity contribution in [2.75, 3.05) is 32.1 Å². The number of rotatable bonds is 9. The van der Waals surface area contributed by atoms with E-state index in [1.165, 1.54) is 0 Å². The molecule has 2 N–H and O–H groups in total. The minimum atomic E-state index is -0.807. The molecule has 6 heteroatoms. The monoisotopic (exact) mass is 294 g/mol. The molecule has 1 aromatic carbocycles. The van der Waals surface area contributed by atoms with Crippen LogP contribution in [0, 0.1) is 0 Å². The number of hydrogen-bond donors (Lipinski definition) is 2. The van der Waals surface area contributed by atoms with Crippen molar-refractivity contribution in [2.24, 2.45) is 0 Å². The summed E-state index contributed by atoms with van der Waals surface area (Å²) in [6.45, 7) is 1.66. The Hall–Kier alpha value is -2.08. The van der Waals surface area contributed by atoms with E-state index in [9.17, 15) is 9.59 Å². The van der Waals surface area contributed by atoms with Crippen LogP contribution < -0.4 is 4.90 Å². The van der Waals surface area contributed by atoms with E-state index < -0.39 is 11.9 Å². The second-order valence-corrected chi connectivity index (χ2v) is 5.11. The molecule has 0 spiro atoms. The van der Waals surface area contributed by atoms with E-state index in [0.29, 0.717) is 19.6 Å². The summed E-state index contributed by atoms with van der Waals surface area (Å²) in [5.41, 5.74) is 2.06. The van der Waals surface area contributed by atoms with Crippen LogP contribution >= 0.6 is 0 Å². The summed E-state index contributed by atoms with van der Waals surface area (Å²) >= 11 is 0. The Labute approximate surface area is 124 Å². The van der Waals surface area contributed by atoms with Gasteiger partial charge in [-0.15, -0.1) is 0 Å². The van der Waals surface area contributed by atoms with Crippen LogP contribution in [0.3, 0.4) is 0 Å². The molecular weight excluding hydrogens is 272 g/mol. The molecule has 0 saturated carbocycles. The van der Waals surface area contributed by atoms with Gasteiger partial charge in [0.1, 0.15) is 0 Å². The van der Waals surface area contributed by atoms with Crippen molar-refractivity contribution in [3.05, 3.63) is 29.8 Å². The van der Waals surface area contributed by atoms with E-state index in [1.54, 1.807) is 0 Å². The highest BCUT2D eigenvalue weighted by Gasteiger charge is 2.06. The fourth-order valence-corrected chi connectivity index (χ4v) is 1.93. The molecule has 0 fully saturated rings. The molecule has 6 nitrogen and oxygen atoms in total. The maximum Gasteiger partial charge on any atom is 0.305 e. The quantitative estimate of drug-likeness (QED) is 0.718. The standard InChI is InChI=1S/C15H22N2O4/c1-16(9-7-14(18)19)11-12-3-5-13(6-4-12)17(2)10-8-15(20)21/h3-6H,7-11H2,1-2H3,(H,18,19)(H,20,21). The van der Waals surface area contributed by atoms with Gasteiger partial charge >= 0.3 is 11.9 Å². The lowest BCUT2D eigenvalue weighted by Crippen LogP contribution is -2.22. The first-order valence-corrected chi connectivity index (χ1v) is 6.80. The van der Waals surface area contributed by atoms with Crippen LogP contribution in [0.2, 0.25) is 0 Å². The lowest BCUT2D eigenvalue weighted by molar-refractivity contribution is -0.138. The molecule has 1 aromatic rings. The molecule has 0 unspecified atom stereocenters. The molecule has 0 amide bonds. The maximum absolute atomic E-state index is 10.5. The summed E-state index contributed by atoms with van der Waals surface area (Å²) in [6, 6.07) is 7.85. The second kappa shape index (κ2) is 8.26. The summed E-state index contributed by atoms with van der Waals surface area (Å²) in [6.07, 6.45) is 0.239. The molecule has 0 saturated heterocycles. The van der Waals surface area contributed by atoms with Crippen molar-refractivity contribution >= 4 is 17.6 Å². The molecular formula is C15H22N2O4. The van der Waals surface area contributed by atoms with Crippen LogP contribution in [0.4, 0.5) is 5.69 Å². The number of benzene rings is 1. The zero-order valence-electron chi connectivity index (χ0n) is 12.5. The number of carboxylic acids is 2. The smallest absolute Gasteiger partial charge is 0.305 e. The van der Waals surface area contributed by atoms with Gasteiger partial charge in [0.25, 0.3) is 0 Å². The molecule has 0 heterocycles. The average Bonchev–Trinajstić information content (AvgIpc) is 2.43. The Morgan fingerprint density at radius 3 is 2.00 bits per heavy atom. The van der Waals surface area contributed by atoms with E-state index in [4.69, 9.17) is 10.2 Å². The maximum atomic E-state index is 10.5. The number of anilines is 1. The van der Waals surface area contributed by atoms with Crippen molar-refractivity contribution in [3.63, 3.8) is 0 Å². The summed E-state index contributed by atoms with van der Waals surface area (Å²) in [7, 11) is 3.74. The van der Waals surface area contributed by atoms with E-state index in [0.717, 1.165) is 11.3 Å². The zero-order chi connectivity index (χ0) is 15.8. The largest absolute Gasteiger partial charge is 0.481 e. The van der Waals surface area contributed by atoms with E-state index >= 15 is 0 Å². The predicted molar refractivity (Wildman–Crippen MR) is 80.6 cm³/mol. The number of carboxylic acid groups (broad SMARTS) is 2. The van der Waals surface area contributed by atoms with Gasteiger partial charge in [0.15, 0.2) is 0 Å². The molecule has 0 aliphatic carbocycles. The topological polar surface area (TPSA) is 81.1 Å². The van der Waals surface area contributed by atoms with Crippen LogP contribution in [-0.4, -0.2) is 54.2 Å². The van der Waals surface area contributed by atoms with Crippen LogP contribution in [0.25, 0.3) is 0 Å². The predicted octanol–water partition coefficient (Wildman–Crippen LogP) is 1.50. The van der Waals surface area contributed by atoms with Gasteiger partial charge in [-0.3, -0.25) is 9.59 Å². The van der Waals surface area contributed by atoms with Gasteiger partial charge in [-0.25, -0.2) is 0 Å². The third-order valence-corrected chi connectivity index (χ3v) is 3.20. The average molecular weight is 294 g/mol. The van der Waals surface area contributed by atoms with Gasteiger partial charge in [-0.2, -0.15) is 0 Å². The highest BCUT2D eigenvalue weighted by Crippen LogP contribution is 2.15. The van der Waals surface area contributed by atoms with Crippen LogP contribution in [-0.2, 0) is 16.1 Å². The summed E-state index contributed by atoms with van der Waals surface area (Å²) in [4.78, 5) is 24.9. The Kier molecular flexibility index (Phi) is 6.68. The van der Waals surface area contributed by atoms with Gasteiger partial charge in [-0.1, -0.05) is 12.1 Å². The highest BCUT2D eigenvalue weighted by atomic mass is 16.4. The molecule has 1 rings (SSSR count). The summed E-state index contributed by atoms with van der Waals surface area (Å²) in [5.74, 6) is -1.60. The van der Waals surface area contributed by atoms with Gasteiger partial charge in [-0.05, 0) is 24.7 Å². The molecule has 21 heavy (non-hydrogen) atoms. The molecule has 116 valence electrons. The highest BCUT2D eigenvalue weighted by molar-refractivity contribution is 5.67. The lowest BCUT2D eigenvalue weighted by Gasteiger charge is -2.20. The zero-order valence-corrected chi connectivity index (χ0v) is 12.5. The van der Waals surface area contributed by atoms with E-state index in [2.05, 4.69) is 0 Å². The van der Waals surface area contributed by atoms with Crippen LogP contribution in [0.5, 0.6) is 0 Å². The fourth-order valence-electron chi connectivity index (χ4n) is 1.93. The second-order valence-electron chi connectivity index (χ2n) is 5.11. The van der Waals surface area contributed by atoms with E-state index in [-0.39, 0.29) is 12.8 Å². The SMILES string of the molecule is CN(CCC(=O)O)Cc1ccc(N(C)CCC(=O)O)cc1. The minimum Gasteiger partial charge on any atom is -0.481 e.